The van der Waals surface area contributed by atoms with Gasteiger partial charge in [0.2, 0.25) is 0 Å². The summed E-state index contributed by atoms with van der Waals surface area (Å²) >= 11 is 6.76. The summed E-state index contributed by atoms with van der Waals surface area (Å²) in [6, 6.07) is 19.7. The first-order valence-electron chi connectivity index (χ1n) is 8.88. The van der Waals surface area contributed by atoms with Crippen LogP contribution in [0.15, 0.2) is 65.6 Å². The molecule has 1 aromatic heterocycles. The molecule has 0 bridgehead atoms. The van der Waals surface area contributed by atoms with E-state index in [0.29, 0.717) is 15.8 Å². The zero-order valence-corrected chi connectivity index (χ0v) is 16.9. The highest BCUT2D eigenvalue weighted by atomic mass is 32.2. The maximum Gasteiger partial charge on any atom is 0.266 e. The van der Waals surface area contributed by atoms with Crippen molar-refractivity contribution in [3.63, 3.8) is 0 Å². The zero-order valence-electron chi connectivity index (χ0n) is 15.3. The van der Waals surface area contributed by atoms with Gasteiger partial charge in [-0.05, 0) is 42.3 Å². The van der Waals surface area contributed by atoms with Crippen LogP contribution in [0.1, 0.15) is 11.3 Å². The Morgan fingerprint density at radius 3 is 2.75 bits per heavy atom. The fraction of sp³-hybridized carbons (Fsp3) is 0.136. The average Bonchev–Trinajstić information content (AvgIpc) is 2.99. The smallest absolute Gasteiger partial charge is 0.266 e. The van der Waals surface area contributed by atoms with E-state index in [4.69, 9.17) is 17.0 Å². The van der Waals surface area contributed by atoms with E-state index in [1.807, 2.05) is 54.6 Å². The van der Waals surface area contributed by atoms with E-state index in [0.717, 1.165) is 28.8 Å². The highest BCUT2D eigenvalue weighted by Crippen LogP contribution is 2.32. The fourth-order valence-electron chi connectivity index (χ4n) is 3.04. The maximum atomic E-state index is 12.8. The van der Waals surface area contributed by atoms with Crippen LogP contribution in [0.4, 0.5) is 0 Å². The lowest BCUT2D eigenvalue weighted by Crippen LogP contribution is -2.30. The first kappa shape index (κ1) is 18.7. The Bertz CT molecular complexity index is 1080. The lowest BCUT2D eigenvalue weighted by Gasteiger charge is -2.14. The standard InChI is InChI=1S/C22H18N2O2S2/c1-26-18-9-10-19-16(13-18)7-8-17(23-19)14-20-21(25)24(22(27)28-20)12-11-15-5-3-2-4-6-15/h2-10,13-14H,11-12H2,1H3/b20-14-. The topological polar surface area (TPSA) is 42.4 Å². The van der Waals surface area contributed by atoms with Gasteiger partial charge in [-0.3, -0.25) is 9.69 Å². The molecule has 1 fully saturated rings. The number of methoxy groups -OCH3 is 1. The summed E-state index contributed by atoms with van der Waals surface area (Å²) in [5, 5.41) is 0.993. The Morgan fingerprint density at radius 2 is 1.96 bits per heavy atom. The lowest BCUT2D eigenvalue weighted by molar-refractivity contribution is -0.122. The number of hydrogen-bond donors (Lipinski definition) is 0. The monoisotopic (exact) mass is 406 g/mol. The number of amides is 1. The summed E-state index contributed by atoms with van der Waals surface area (Å²) in [6.07, 6.45) is 2.59. The average molecular weight is 407 g/mol. The van der Waals surface area contributed by atoms with Gasteiger partial charge in [0, 0.05) is 11.9 Å². The Labute approximate surface area is 173 Å². The van der Waals surface area contributed by atoms with Crippen LogP contribution >= 0.6 is 24.0 Å². The third kappa shape index (κ3) is 3.93. The number of thiocarbonyl (C=S) groups is 1. The number of hydrogen-bond acceptors (Lipinski definition) is 5. The SMILES string of the molecule is COc1ccc2nc(/C=C3\SC(=S)N(CCc4ccccc4)C3=O)ccc2c1. The number of ether oxygens (including phenoxy) is 1. The summed E-state index contributed by atoms with van der Waals surface area (Å²) in [5.74, 6) is 0.740. The minimum Gasteiger partial charge on any atom is -0.497 e. The van der Waals surface area contributed by atoms with Gasteiger partial charge in [-0.25, -0.2) is 4.98 Å². The highest BCUT2D eigenvalue weighted by molar-refractivity contribution is 8.26. The molecule has 140 valence electrons. The number of nitrogens with zero attached hydrogens (tertiary/aromatic N) is 2. The Hall–Kier alpha value is -2.70. The summed E-state index contributed by atoms with van der Waals surface area (Å²) in [4.78, 5) is 19.7. The molecule has 4 nitrogen and oxygen atoms in total. The van der Waals surface area contributed by atoms with Crippen molar-refractivity contribution in [2.75, 3.05) is 13.7 Å². The number of benzene rings is 2. The number of rotatable bonds is 5. The van der Waals surface area contributed by atoms with E-state index < -0.39 is 0 Å². The number of fused-ring (bicyclic) bond motifs is 1. The fourth-order valence-corrected chi connectivity index (χ4v) is 4.33. The van der Waals surface area contributed by atoms with Crippen LogP contribution in [0.5, 0.6) is 5.75 Å². The first-order valence-corrected chi connectivity index (χ1v) is 10.1. The molecule has 0 radical (unpaired) electrons. The third-order valence-electron chi connectivity index (χ3n) is 4.54. The van der Waals surface area contributed by atoms with E-state index in [-0.39, 0.29) is 5.91 Å². The van der Waals surface area contributed by atoms with Gasteiger partial charge in [-0.1, -0.05) is 60.4 Å². The Balaban J connectivity index is 1.52. The van der Waals surface area contributed by atoms with Crippen molar-refractivity contribution >= 4 is 51.2 Å². The summed E-state index contributed by atoms with van der Waals surface area (Å²) < 4.78 is 5.84. The predicted octanol–water partition coefficient (Wildman–Crippen LogP) is 4.69. The molecular formula is C22H18N2O2S2. The molecule has 2 aromatic carbocycles. The quantitative estimate of drug-likeness (QED) is 0.454. The van der Waals surface area contributed by atoms with Crippen LogP contribution in [0.25, 0.3) is 17.0 Å². The zero-order chi connectivity index (χ0) is 19.5. The molecule has 28 heavy (non-hydrogen) atoms. The predicted molar refractivity (Wildman–Crippen MR) is 118 cm³/mol. The highest BCUT2D eigenvalue weighted by Gasteiger charge is 2.31. The lowest BCUT2D eigenvalue weighted by atomic mass is 10.1. The van der Waals surface area contributed by atoms with Gasteiger partial charge >= 0.3 is 0 Å². The van der Waals surface area contributed by atoms with Gasteiger partial charge in [-0.15, -0.1) is 0 Å². The number of thioether (sulfide) groups is 1. The van der Waals surface area contributed by atoms with Crippen molar-refractivity contribution in [3.05, 3.63) is 76.8 Å². The van der Waals surface area contributed by atoms with Crippen molar-refractivity contribution in [1.29, 1.82) is 0 Å². The number of aromatic nitrogens is 1. The molecule has 0 atom stereocenters. The second kappa shape index (κ2) is 8.12. The molecule has 4 rings (SSSR count). The van der Waals surface area contributed by atoms with Crippen LogP contribution in [0, 0.1) is 0 Å². The Kier molecular flexibility index (Phi) is 5.41. The number of carbonyl (C=O) groups excluding carboxylic acids is 1. The second-order valence-corrected chi connectivity index (χ2v) is 8.04. The van der Waals surface area contributed by atoms with Crippen molar-refractivity contribution in [3.8, 4) is 5.75 Å². The molecule has 2 heterocycles. The third-order valence-corrected chi connectivity index (χ3v) is 5.92. The molecule has 1 amide bonds. The largest absolute Gasteiger partial charge is 0.497 e. The molecule has 1 aliphatic heterocycles. The molecule has 0 unspecified atom stereocenters. The summed E-state index contributed by atoms with van der Waals surface area (Å²) in [6.45, 7) is 0.580. The minimum atomic E-state index is -0.0532. The van der Waals surface area contributed by atoms with Crippen molar-refractivity contribution in [1.82, 2.24) is 9.88 Å². The molecule has 0 saturated carbocycles. The van der Waals surface area contributed by atoms with Crippen LogP contribution in [-0.4, -0.2) is 33.8 Å². The molecule has 0 spiro atoms. The maximum absolute atomic E-state index is 12.8. The normalized spacial score (nSPS) is 15.6. The van der Waals surface area contributed by atoms with Gasteiger partial charge in [-0.2, -0.15) is 0 Å². The van der Waals surface area contributed by atoms with E-state index in [1.54, 1.807) is 12.0 Å². The molecule has 0 aliphatic carbocycles. The van der Waals surface area contributed by atoms with Crippen LogP contribution < -0.4 is 4.74 Å². The van der Waals surface area contributed by atoms with Gasteiger partial charge in [0.25, 0.3) is 5.91 Å². The van der Waals surface area contributed by atoms with Crippen LogP contribution in [0.2, 0.25) is 0 Å². The van der Waals surface area contributed by atoms with Crippen molar-refractivity contribution in [2.24, 2.45) is 0 Å². The number of carbonyl (C=O) groups is 1. The molecule has 1 aliphatic rings. The molecule has 3 aromatic rings. The van der Waals surface area contributed by atoms with E-state index in [9.17, 15) is 4.79 Å². The minimum absolute atomic E-state index is 0.0532. The van der Waals surface area contributed by atoms with Crippen LogP contribution in [0.3, 0.4) is 0 Å². The van der Waals surface area contributed by atoms with E-state index in [1.165, 1.54) is 17.3 Å². The molecule has 0 N–H and O–H groups in total. The number of pyridine rings is 1. The van der Waals surface area contributed by atoms with Crippen molar-refractivity contribution in [2.45, 2.75) is 6.42 Å². The van der Waals surface area contributed by atoms with E-state index in [2.05, 4.69) is 17.1 Å². The summed E-state index contributed by atoms with van der Waals surface area (Å²) in [5.41, 5.74) is 2.78. The van der Waals surface area contributed by atoms with Gasteiger partial charge in [0.1, 0.15) is 10.1 Å². The van der Waals surface area contributed by atoms with Gasteiger partial charge in [0.15, 0.2) is 0 Å². The van der Waals surface area contributed by atoms with Gasteiger partial charge in [0.05, 0.1) is 23.2 Å². The second-order valence-electron chi connectivity index (χ2n) is 6.36. The molecule has 1 saturated heterocycles. The van der Waals surface area contributed by atoms with Gasteiger partial charge < -0.3 is 4.74 Å². The van der Waals surface area contributed by atoms with Crippen molar-refractivity contribution < 1.29 is 9.53 Å². The Morgan fingerprint density at radius 1 is 1.14 bits per heavy atom. The first-order chi connectivity index (χ1) is 13.6. The van der Waals surface area contributed by atoms with Crippen LogP contribution in [-0.2, 0) is 11.2 Å². The molecular weight excluding hydrogens is 388 g/mol. The summed E-state index contributed by atoms with van der Waals surface area (Å²) in [7, 11) is 1.64. The molecule has 6 heteroatoms. The van der Waals surface area contributed by atoms with E-state index >= 15 is 0 Å².